The molecule has 0 atom stereocenters. The van der Waals surface area contributed by atoms with E-state index < -0.39 is 4.92 Å². The van der Waals surface area contributed by atoms with Crippen LogP contribution in [0, 0.1) is 10.1 Å². The quantitative estimate of drug-likeness (QED) is 0.420. The van der Waals surface area contributed by atoms with Crippen LogP contribution in [-0.2, 0) is 0 Å². The summed E-state index contributed by atoms with van der Waals surface area (Å²) < 4.78 is 9.59. The summed E-state index contributed by atoms with van der Waals surface area (Å²) in [4.78, 5) is 12.1. The van der Waals surface area contributed by atoms with Crippen molar-refractivity contribution in [2.75, 3.05) is 0 Å². The summed E-state index contributed by atoms with van der Waals surface area (Å²) in [7, 11) is 0. The Bertz CT molecular complexity index is 704. The van der Waals surface area contributed by atoms with Crippen LogP contribution in [0.5, 0.6) is 0 Å². The van der Waals surface area contributed by atoms with E-state index in [0.717, 1.165) is 11.3 Å². The molecule has 0 fully saturated rings. The number of nitro benzene ring substituents is 1. The molecule has 7 heteroatoms. The van der Waals surface area contributed by atoms with Crippen molar-refractivity contribution in [2.24, 2.45) is 0 Å². The van der Waals surface area contributed by atoms with Gasteiger partial charge in [-0.25, -0.2) is 0 Å². The van der Waals surface area contributed by atoms with Gasteiger partial charge in [-0.2, -0.15) is 0 Å². The van der Waals surface area contributed by atoms with E-state index in [1.165, 1.54) is 12.1 Å². The first-order chi connectivity index (χ1) is 9.24. The molecule has 0 spiro atoms. The molecule has 0 aliphatic rings. The van der Waals surface area contributed by atoms with Crippen molar-refractivity contribution < 1.29 is 9.34 Å². The van der Waals surface area contributed by atoms with Crippen molar-refractivity contribution in [1.29, 1.82) is 0 Å². The van der Waals surface area contributed by atoms with Crippen LogP contribution >= 0.6 is 0 Å². The number of hydrogen-bond donors (Lipinski definition) is 0. The molecule has 0 aliphatic heterocycles. The van der Waals surface area contributed by atoms with Crippen LogP contribution in [0.1, 0.15) is 0 Å². The molecule has 0 saturated heterocycles. The van der Waals surface area contributed by atoms with Gasteiger partial charge in [0.15, 0.2) is 0 Å². The van der Waals surface area contributed by atoms with Crippen LogP contribution in [0.4, 0.5) is 5.69 Å². The molecular formula is C12H7N3O3Se. The fraction of sp³-hybridized carbons (Fsp3) is 0. The topological polar surface area (TPSA) is 82.1 Å². The molecule has 6 nitrogen and oxygen atoms in total. The van der Waals surface area contributed by atoms with Gasteiger partial charge in [-0.15, -0.1) is 0 Å². The Morgan fingerprint density at radius 2 is 1.84 bits per heavy atom. The van der Waals surface area contributed by atoms with Crippen molar-refractivity contribution in [3.8, 4) is 22.8 Å². The summed E-state index contributed by atoms with van der Waals surface area (Å²) >= 11 is 0.0651. The molecule has 0 saturated carbocycles. The van der Waals surface area contributed by atoms with Gasteiger partial charge in [0.25, 0.3) is 0 Å². The molecule has 0 bridgehead atoms. The SMILES string of the molecule is O=[N+]([O-])c1ccc(-c2ccc(-c3c[se]nn3)o2)cc1. The summed E-state index contributed by atoms with van der Waals surface area (Å²) in [5.74, 6) is 1.32. The van der Waals surface area contributed by atoms with Gasteiger partial charge in [0.05, 0.1) is 0 Å². The number of aromatic nitrogens is 2. The molecule has 3 aromatic rings. The third kappa shape index (κ3) is 2.33. The molecule has 94 valence electrons. The standard InChI is InChI=1S/C12H7N3O3Se/c16-15(17)9-3-1-8(2-4-9)11-5-6-12(18-11)10-7-19-14-13-10/h1-7H. The zero-order valence-corrected chi connectivity index (χ0v) is 11.2. The number of rotatable bonds is 3. The Morgan fingerprint density at radius 3 is 2.47 bits per heavy atom. The van der Waals surface area contributed by atoms with Gasteiger partial charge in [-0.05, 0) is 0 Å². The maximum atomic E-state index is 10.6. The summed E-state index contributed by atoms with van der Waals surface area (Å²) in [6.45, 7) is 0. The van der Waals surface area contributed by atoms with Crippen molar-refractivity contribution >= 4 is 20.4 Å². The minimum atomic E-state index is -0.427. The van der Waals surface area contributed by atoms with E-state index in [9.17, 15) is 10.1 Å². The Morgan fingerprint density at radius 1 is 1.11 bits per heavy atom. The van der Waals surface area contributed by atoms with Crippen molar-refractivity contribution in [3.63, 3.8) is 0 Å². The van der Waals surface area contributed by atoms with Crippen LogP contribution < -0.4 is 0 Å². The predicted octanol–water partition coefficient (Wildman–Crippen LogP) is 2.37. The molecule has 0 aliphatic carbocycles. The third-order valence-corrected chi connectivity index (χ3v) is 3.64. The molecule has 19 heavy (non-hydrogen) atoms. The average molecular weight is 320 g/mol. The van der Waals surface area contributed by atoms with Crippen molar-refractivity contribution in [3.05, 3.63) is 51.5 Å². The molecule has 1 aromatic carbocycles. The Labute approximate surface area is 113 Å². The van der Waals surface area contributed by atoms with Crippen LogP contribution in [0.25, 0.3) is 22.8 Å². The van der Waals surface area contributed by atoms with Gasteiger partial charge in [-0.1, -0.05) is 0 Å². The normalized spacial score (nSPS) is 10.5. The third-order valence-electron chi connectivity index (χ3n) is 2.58. The molecule has 0 N–H and O–H groups in total. The summed E-state index contributed by atoms with van der Waals surface area (Å²) in [5.41, 5.74) is 1.59. The number of non-ortho nitro benzene ring substituents is 1. The van der Waals surface area contributed by atoms with Crippen molar-refractivity contribution in [2.45, 2.75) is 0 Å². The van der Waals surface area contributed by atoms with Crippen molar-refractivity contribution in [1.82, 2.24) is 9.19 Å². The van der Waals surface area contributed by atoms with E-state index in [2.05, 4.69) is 9.19 Å². The molecule has 3 rings (SSSR count). The van der Waals surface area contributed by atoms with E-state index in [4.69, 9.17) is 4.42 Å². The second-order valence-corrected chi connectivity index (χ2v) is 5.04. The zero-order valence-electron chi connectivity index (χ0n) is 9.52. The summed E-state index contributed by atoms with van der Waals surface area (Å²) in [6, 6.07) is 9.87. The monoisotopic (exact) mass is 321 g/mol. The van der Waals surface area contributed by atoms with Gasteiger partial charge in [0.1, 0.15) is 0 Å². The molecule has 0 radical (unpaired) electrons. The fourth-order valence-corrected chi connectivity index (χ4v) is 2.58. The number of nitrogens with zero attached hydrogens (tertiary/aromatic N) is 3. The number of hydrogen-bond acceptors (Lipinski definition) is 5. The average Bonchev–Trinajstić information content (AvgIpc) is 3.10. The second kappa shape index (κ2) is 4.79. The van der Waals surface area contributed by atoms with E-state index in [0.29, 0.717) is 11.5 Å². The van der Waals surface area contributed by atoms with E-state index >= 15 is 0 Å². The Hall–Kier alpha value is -2.24. The second-order valence-electron chi connectivity index (χ2n) is 3.76. The predicted molar refractivity (Wildman–Crippen MR) is 68.8 cm³/mol. The minimum absolute atomic E-state index is 0.0607. The first kappa shape index (κ1) is 11.8. The van der Waals surface area contributed by atoms with E-state index in [1.54, 1.807) is 12.1 Å². The van der Waals surface area contributed by atoms with Crippen LogP contribution in [0.2, 0.25) is 0 Å². The summed E-state index contributed by atoms with van der Waals surface area (Å²) in [6.07, 6.45) is 0. The van der Waals surface area contributed by atoms with Gasteiger partial charge in [0.2, 0.25) is 0 Å². The summed E-state index contributed by atoms with van der Waals surface area (Å²) in [5, 5.41) is 14.6. The van der Waals surface area contributed by atoms with Gasteiger partial charge >= 0.3 is 113 Å². The maximum absolute atomic E-state index is 10.6. The Kier molecular flexibility index (Phi) is 2.98. The number of nitro groups is 1. The fourth-order valence-electron chi connectivity index (χ4n) is 1.65. The Balaban J connectivity index is 1.92. The van der Waals surface area contributed by atoms with E-state index in [1.807, 2.05) is 17.1 Å². The molecule has 2 heterocycles. The molecular weight excluding hydrogens is 313 g/mol. The first-order valence-corrected chi connectivity index (χ1v) is 7.11. The zero-order chi connectivity index (χ0) is 13.2. The number of benzene rings is 1. The van der Waals surface area contributed by atoms with Crippen LogP contribution in [0.3, 0.4) is 0 Å². The van der Waals surface area contributed by atoms with Gasteiger partial charge in [-0.3, -0.25) is 0 Å². The van der Waals surface area contributed by atoms with Gasteiger partial charge < -0.3 is 0 Å². The van der Waals surface area contributed by atoms with Crippen LogP contribution in [0.15, 0.2) is 45.8 Å². The van der Waals surface area contributed by atoms with E-state index in [-0.39, 0.29) is 20.4 Å². The molecule has 0 unspecified atom stereocenters. The van der Waals surface area contributed by atoms with Crippen LogP contribution in [-0.4, -0.2) is 28.8 Å². The number of furan rings is 1. The molecule has 0 amide bonds. The first-order valence-electron chi connectivity index (χ1n) is 5.36. The van der Waals surface area contributed by atoms with Gasteiger partial charge in [0, 0.05) is 0 Å². The molecule has 2 aromatic heterocycles.